The quantitative estimate of drug-likeness (QED) is 0.383. The van der Waals surface area contributed by atoms with Gasteiger partial charge in [0, 0.05) is 25.7 Å². The molecule has 1 aliphatic rings. The molecule has 0 aliphatic carbocycles. The molecule has 1 amide bonds. The van der Waals surface area contributed by atoms with E-state index in [9.17, 15) is 14.7 Å². The number of ether oxygens (including phenoxy) is 3. The first-order chi connectivity index (χ1) is 17.9. The van der Waals surface area contributed by atoms with Crippen molar-refractivity contribution in [1.82, 2.24) is 0 Å². The van der Waals surface area contributed by atoms with Gasteiger partial charge in [0.2, 0.25) is 5.91 Å². The zero-order valence-corrected chi connectivity index (χ0v) is 22.4. The summed E-state index contributed by atoms with van der Waals surface area (Å²) >= 11 is 3.58. The van der Waals surface area contributed by atoms with Crippen LogP contribution in [0.3, 0.4) is 0 Å². The van der Waals surface area contributed by atoms with Gasteiger partial charge >= 0.3 is 5.97 Å². The summed E-state index contributed by atoms with van der Waals surface area (Å²) in [5, 5.41) is 9.90. The van der Waals surface area contributed by atoms with Gasteiger partial charge in [-0.1, -0.05) is 30.3 Å². The number of halogens is 1. The second-order valence-corrected chi connectivity index (χ2v) is 9.45. The molecule has 0 saturated carbocycles. The Kier molecular flexibility index (Phi) is 8.68. The molecule has 1 saturated heterocycles. The van der Waals surface area contributed by atoms with Crippen molar-refractivity contribution < 1.29 is 28.9 Å². The fourth-order valence-corrected chi connectivity index (χ4v) is 4.85. The molecule has 0 radical (unpaired) electrons. The van der Waals surface area contributed by atoms with Gasteiger partial charge in [-0.25, -0.2) is 4.79 Å². The molecule has 0 aromatic heterocycles. The predicted molar refractivity (Wildman–Crippen MR) is 145 cm³/mol. The lowest BCUT2D eigenvalue weighted by molar-refractivity contribution is -0.116. The number of hydrogen-bond donors (Lipinski definition) is 1. The normalized spacial score (nSPS) is 13.2. The monoisotopic (exact) mass is 568 g/mol. The number of hydrogen-bond acceptors (Lipinski definition) is 6. The van der Waals surface area contributed by atoms with Crippen LogP contribution in [0, 0.1) is 0 Å². The third kappa shape index (κ3) is 6.42. The van der Waals surface area contributed by atoms with E-state index >= 15 is 0 Å². The highest BCUT2D eigenvalue weighted by Crippen LogP contribution is 2.38. The van der Waals surface area contributed by atoms with Crippen LogP contribution in [-0.2, 0) is 22.7 Å². The molecule has 0 atom stereocenters. The average molecular weight is 569 g/mol. The van der Waals surface area contributed by atoms with Crippen molar-refractivity contribution in [3.63, 3.8) is 0 Å². The number of benzene rings is 3. The van der Waals surface area contributed by atoms with Crippen LogP contribution in [0.5, 0.6) is 11.5 Å². The second kappa shape index (κ2) is 12.1. The Bertz CT molecular complexity index is 1260. The Morgan fingerprint density at radius 1 is 1.05 bits per heavy atom. The predicted octanol–water partition coefficient (Wildman–Crippen LogP) is 5.12. The van der Waals surface area contributed by atoms with Crippen LogP contribution in [0.4, 0.5) is 11.4 Å². The van der Waals surface area contributed by atoms with Crippen LogP contribution < -0.4 is 19.3 Å². The van der Waals surface area contributed by atoms with Crippen LogP contribution >= 0.6 is 15.9 Å². The highest BCUT2D eigenvalue weighted by atomic mass is 79.9. The average Bonchev–Trinajstić information content (AvgIpc) is 2.91. The molecular formula is C28H29BrN2O6. The third-order valence-corrected chi connectivity index (χ3v) is 6.70. The Morgan fingerprint density at radius 2 is 1.78 bits per heavy atom. The second-order valence-electron chi connectivity index (χ2n) is 8.59. The molecule has 0 unspecified atom stereocenters. The highest BCUT2D eigenvalue weighted by Gasteiger charge is 2.22. The molecule has 4 rings (SSSR count). The van der Waals surface area contributed by atoms with Crippen molar-refractivity contribution in [3.05, 3.63) is 81.8 Å². The number of carbonyl (C=O) groups excluding carboxylic acids is 1. The summed E-state index contributed by atoms with van der Waals surface area (Å²) in [4.78, 5) is 28.3. The van der Waals surface area contributed by atoms with Crippen LogP contribution in [-0.4, -0.2) is 50.4 Å². The number of nitrogens with zero attached hydrogens (tertiary/aromatic N) is 2. The van der Waals surface area contributed by atoms with Crippen molar-refractivity contribution in [2.24, 2.45) is 0 Å². The number of anilines is 2. The van der Waals surface area contributed by atoms with Gasteiger partial charge < -0.3 is 29.1 Å². The van der Waals surface area contributed by atoms with Gasteiger partial charge in [-0.2, -0.15) is 0 Å². The molecule has 3 aromatic rings. The van der Waals surface area contributed by atoms with E-state index in [2.05, 4.69) is 15.9 Å². The molecule has 3 aromatic carbocycles. The van der Waals surface area contributed by atoms with Gasteiger partial charge in [0.25, 0.3) is 0 Å². The zero-order chi connectivity index (χ0) is 26.4. The first-order valence-electron chi connectivity index (χ1n) is 11.9. The van der Waals surface area contributed by atoms with Gasteiger partial charge in [0.15, 0.2) is 11.5 Å². The number of methoxy groups -OCH3 is 1. The van der Waals surface area contributed by atoms with E-state index in [4.69, 9.17) is 14.2 Å². The number of amides is 1. The topological polar surface area (TPSA) is 88.5 Å². The minimum absolute atomic E-state index is 0.147. The summed E-state index contributed by atoms with van der Waals surface area (Å²) in [5.74, 6) is -0.170. The van der Waals surface area contributed by atoms with Gasteiger partial charge in [-0.15, -0.1) is 0 Å². The number of carboxylic acids is 1. The molecule has 8 nitrogen and oxygen atoms in total. The van der Waals surface area contributed by atoms with Crippen molar-refractivity contribution >= 4 is 39.2 Å². The van der Waals surface area contributed by atoms with Crippen molar-refractivity contribution in [1.29, 1.82) is 0 Å². The lowest BCUT2D eigenvalue weighted by atomic mass is 10.1. The maximum absolute atomic E-state index is 12.7. The number of carbonyl (C=O) groups is 2. The number of carboxylic acid groups (broad SMARTS) is 1. The molecule has 1 aliphatic heterocycles. The Morgan fingerprint density at radius 3 is 2.43 bits per heavy atom. The van der Waals surface area contributed by atoms with Crippen LogP contribution in [0.15, 0.2) is 65.1 Å². The highest BCUT2D eigenvalue weighted by molar-refractivity contribution is 9.10. The Hall–Kier alpha value is -3.56. The molecule has 9 heteroatoms. The number of morpholine rings is 1. The first kappa shape index (κ1) is 26.5. The number of aromatic carboxylic acids is 1. The lowest BCUT2D eigenvalue weighted by Gasteiger charge is -2.31. The minimum Gasteiger partial charge on any atom is -0.493 e. The van der Waals surface area contributed by atoms with Crippen LogP contribution in [0.25, 0.3) is 0 Å². The molecule has 0 bridgehead atoms. The van der Waals surface area contributed by atoms with E-state index in [1.807, 2.05) is 47.4 Å². The summed E-state index contributed by atoms with van der Waals surface area (Å²) < 4.78 is 17.7. The maximum Gasteiger partial charge on any atom is 0.337 e. The van der Waals surface area contributed by atoms with Crippen molar-refractivity contribution in [2.45, 2.75) is 20.1 Å². The molecule has 1 heterocycles. The summed E-state index contributed by atoms with van der Waals surface area (Å²) in [6.07, 6.45) is 0. The molecule has 194 valence electrons. The molecule has 1 fully saturated rings. The maximum atomic E-state index is 12.7. The number of rotatable bonds is 9. The van der Waals surface area contributed by atoms with E-state index in [0.717, 1.165) is 11.1 Å². The summed E-state index contributed by atoms with van der Waals surface area (Å²) in [5.41, 5.74) is 3.08. The SMILES string of the molecule is COc1cc(CN(C(C)=O)c2ccc(N3CCOCC3)c(C(=O)O)c2)cc(Br)c1OCc1ccccc1. The summed E-state index contributed by atoms with van der Waals surface area (Å²) in [6.45, 7) is 4.37. The van der Waals surface area contributed by atoms with Crippen molar-refractivity contribution in [2.75, 3.05) is 43.2 Å². The summed E-state index contributed by atoms with van der Waals surface area (Å²) in [7, 11) is 1.56. The smallest absolute Gasteiger partial charge is 0.337 e. The largest absolute Gasteiger partial charge is 0.493 e. The zero-order valence-electron chi connectivity index (χ0n) is 20.8. The van der Waals surface area contributed by atoms with Gasteiger partial charge in [0.05, 0.1) is 42.6 Å². The molecule has 1 N–H and O–H groups in total. The third-order valence-electron chi connectivity index (χ3n) is 6.11. The van der Waals surface area contributed by atoms with Gasteiger partial charge in [0.1, 0.15) is 6.61 Å². The van der Waals surface area contributed by atoms with E-state index in [1.165, 1.54) is 6.92 Å². The van der Waals surface area contributed by atoms with E-state index in [1.54, 1.807) is 30.2 Å². The molecule has 0 spiro atoms. The Balaban J connectivity index is 1.59. The van der Waals surface area contributed by atoms with Crippen LogP contribution in [0.2, 0.25) is 0 Å². The van der Waals surface area contributed by atoms with E-state index in [0.29, 0.717) is 60.3 Å². The minimum atomic E-state index is -1.05. The standard InChI is InChI=1S/C28H29BrN2O6/c1-19(32)31(22-8-9-25(23(16-22)28(33)34)30-10-12-36-13-11-30)17-21-14-24(29)27(26(15-21)35-2)37-18-20-6-4-3-5-7-20/h3-9,14-16H,10-13,17-18H2,1-2H3,(H,33,34). The molecular weight excluding hydrogens is 540 g/mol. The van der Waals surface area contributed by atoms with E-state index in [-0.39, 0.29) is 18.0 Å². The van der Waals surface area contributed by atoms with Crippen LogP contribution in [0.1, 0.15) is 28.4 Å². The fourth-order valence-electron chi connectivity index (χ4n) is 4.24. The summed E-state index contributed by atoms with van der Waals surface area (Å²) in [6, 6.07) is 18.6. The Labute approximate surface area is 224 Å². The lowest BCUT2D eigenvalue weighted by Crippen LogP contribution is -2.37. The van der Waals surface area contributed by atoms with E-state index < -0.39 is 5.97 Å². The van der Waals surface area contributed by atoms with Gasteiger partial charge in [-0.05, 0) is 57.4 Å². The fraction of sp³-hybridized carbons (Fsp3) is 0.286. The van der Waals surface area contributed by atoms with Gasteiger partial charge in [-0.3, -0.25) is 4.79 Å². The molecule has 37 heavy (non-hydrogen) atoms. The first-order valence-corrected chi connectivity index (χ1v) is 12.7. The van der Waals surface area contributed by atoms with Crippen molar-refractivity contribution in [3.8, 4) is 11.5 Å².